The van der Waals surface area contributed by atoms with Gasteiger partial charge in [-0.05, 0) is 51.5 Å². The van der Waals surface area contributed by atoms with Gasteiger partial charge in [0.25, 0.3) is 0 Å². The molecule has 5 rings (SSSR count). The number of rotatable bonds is 4. The molecule has 0 saturated carbocycles. The highest BCUT2D eigenvalue weighted by Gasteiger charge is 2.44. The summed E-state index contributed by atoms with van der Waals surface area (Å²) in [6.45, 7) is 8.00. The van der Waals surface area contributed by atoms with Gasteiger partial charge in [0.15, 0.2) is 0 Å². The van der Waals surface area contributed by atoms with Crippen molar-refractivity contribution in [3.05, 3.63) is 52.7 Å². The average Bonchev–Trinajstić information content (AvgIpc) is 3.41. The van der Waals surface area contributed by atoms with Crippen LogP contribution < -0.4 is 10.2 Å². The number of anilines is 1. The Hall–Kier alpha value is -2.75. The monoisotopic (exact) mass is 519 g/mol. The Bertz CT molecular complexity index is 1180. The average molecular weight is 520 g/mol. The third-order valence-electron chi connectivity index (χ3n) is 8.14. The summed E-state index contributed by atoms with van der Waals surface area (Å²) in [6, 6.07) is 2.79. The summed E-state index contributed by atoms with van der Waals surface area (Å²) >= 11 is 0. The third-order valence-corrected chi connectivity index (χ3v) is 8.14. The molecule has 3 heterocycles. The van der Waals surface area contributed by atoms with Crippen LogP contribution >= 0.6 is 0 Å². The summed E-state index contributed by atoms with van der Waals surface area (Å²) in [4.78, 5) is 26.7. The van der Waals surface area contributed by atoms with Crippen LogP contribution in [0.4, 0.5) is 23.4 Å². The predicted molar refractivity (Wildman–Crippen MR) is 132 cm³/mol. The van der Waals surface area contributed by atoms with Crippen LogP contribution in [0.2, 0.25) is 0 Å². The molecule has 1 aromatic heterocycles. The van der Waals surface area contributed by atoms with E-state index in [4.69, 9.17) is 0 Å². The fraction of sp³-hybridized carbons (Fsp3) is 0.593. The number of hydrogen-bond donors (Lipinski definition) is 1. The highest BCUT2D eigenvalue weighted by Crippen LogP contribution is 2.40. The molecule has 10 heteroatoms. The molecular formula is C27H33F4N5O. The molecule has 6 nitrogen and oxygen atoms in total. The van der Waals surface area contributed by atoms with Crippen molar-refractivity contribution in [3.8, 4) is 0 Å². The minimum Gasteiger partial charge on any atom is -0.353 e. The van der Waals surface area contributed by atoms with E-state index >= 15 is 4.39 Å². The second kappa shape index (κ2) is 9.53. The standard InChI is InChI=1S/C27H33F4N5O/c1-16-7-8-19-21(16)24(33-15-32-19)35-11-13-36(14-12-35)25(37)22(20-9-10-26(2,3)34-20)17-5-4-6-18(23(17)28)27(29,30)31/h4-6,15-16,20,22,34H,7-14H2,1-3H3/t16-,20+,22+/m1/s1. The van der Waals surface area contributed by atoms with E-state index in [1.54, 1.807) is 11.2 Å². The van der Waals surface area contributed by atoms with Gasteiger partial charge >= 0.3 is 6.18 Å². The minimum absolute atomic E-state index is 0.195. The van der Waals surface area contributed by atoms with Gasteiger partial charge in [0.2, 0.25) is 5.91 Å². The molecule has 1 aromatic carbocycles. The van der Waals surface area contributed by atoms with E-state index in [2.05, 4.69) is 27.1 Å². The van der Waals surface area contributed by atoms with Gasteiger partial charge in [-0.3, -0.25) is 4.79 Å². The summed E-state index contributed by atoms with van der Waals surface area (Å²) < 4.78 is 55.8. The summed E-state index contributed by atoms with van der Waals surface area (Å²) in [5, 5.41) is 3.38. The van der Waals surface area contributed by atoms with E-state index in [0.717, 1.165) is 36.8 Å². The van der Waals surface area contributed by atoms with Crippen molar-refractivity contribution in [1.29, 1.82) is 0 Å². The lowest BCUT2D eigenvalue weighted by Crippen LogP contribution is -2.53. The lowest BCUT2D eigenvalue weighted by Gasteiger charge is -2.39. The SMILES string of the molecule is C[C@@H]1CCc2ncnc(N3CCN(C(=O)[C@@H](c4cccc(C(F)(F)F)c4F)[C@@H]4CCC(C)(C)N4)CC3)c21. The van der Waals surface area contributed by atoms with Crippen molar-refractivity contribution in [2.75, 3.05) is 31.1 Å². The maximum Gasteiger partial charge on any atom is 0.419 e. The number of benzene rings is 1. The summed E-state index contributed by atoms with van der Waals surface area (Å²) in [5.41, 5.74) is 0.426. The molecule has 2 aromatic rings. The molecule has 1 N–H and O–H groups in total. The fourth-order valence-corrected chi connectivity index (χ4v) is 6.15. The Morgan fingerprint density at radius 1 is 1.14 bits per heavy atom. The zero-order valence-electron chi connectivity index (χ0n) is 21.4. The van der Waals surface area contributed by atoms with Crippen LogP contribution in [-0.4, -0.2) is 58.5 Å². The third kappa shape index (κ3) is 4.92. The van der Waals surface area contributed by atoms with Gasteiger partial charge in [0, 0.05) is 54.6 Å². The van der Waals surface area contributed by atoms with Crippen molar-refractivity contribution >= 4 is 11.7 Å². The smallest absolute Gasteiger partial charge is 0.353 e. The topological polar surface area (TPSA) is 61.4 Å². The number of nitrogens with one attached hydrogen (secondary N) is 1. The number of halogens is 4. The van der Waals surface area contributed by atoms with E-state index in [9.17, 15) is 18.0 Å². The first-order chi connectivity index (χ1) is 17.5. The molecule has 200 valence electrons. The second-order valence-electron chi connectivity index (χ2n) is 11.2. The van der Waals surface area contributed by atoms with Crippen molar-refractivity contribution < 1.29 is 22.4 Å². The lowest BCUT2D eigenvalue weighted by atomic mass is 9.87. The molecule has 0 bridgehead atoms. The van der Waals surface area contributed by atoms with Gasteiger partial charge in [-0.1, -0.05) is 19.1 Å². The van der Waals surface area contributed by atoms with Crippen molar-refractivity contribution in [3.63, 3.8) is 0 Å². The molecule has 3 atom stereocenters. The fourth-order valence-electron chi connectivity index (χ4n) is 6.15. The Balaban J connectivity index is 1.40. The van der Waals surface area contributed by atoms with Crippen molar-refractivity contribution in [2.24, 2.45) is 0 Å². The number of aryl methyl sites for hydroxylation is 1. The van der Waals surface area contributed by atoms with Gasteiger partial charge in [-0.2, -0.15) is 13.2 Å². The van der Waals surface area contributed by atoms with Gasteiger partial charge in [-0.25, -0.2) is 14.4 Å². The molecule has 2 aliphatic heterocycles. The highest BCUT2D eigenvalue weighted by molar-refractivity contribution is 5.85. The van der Waals surface area contributed by atoms with E-state index in [-0.39, 0.29) is 17.0 Å². The summed E-state index contributed by atoms with van der Waals surface area (Å²) in [6.07, 6.45) is 0.0328. The first-order valence-electron chi connectivity index (χ1n) is 13.0. The van der Waals surface area contributed by atoms with Crippen LogP contribution in [0, 0.1) is 5.82 Å². The van der Waals surface area contributed by atoms with Crippen molar-refractivity contribution in [2.45, 2.75) is 76.0 Å². The van der Waals surface area contributed by atoms with Gasteiger partial charge in [-0.15, -0.1) is 0 Å². The quantitative estimate of drug-likeness (QED) is 0.596. The molecule has 0 unspecified atom stereocenters. The maximum atomic E-state index is 15.3. The van der Waals surface area contributed by atoms with Crippen LogP contribution in [-0.2, 0) is 17.4 Å². The molecule has 3 aliphatic rings. The van der Waals surface area contributed by atoms with Crippen LogP contribution in [0.1, 0.15) is 74.3 Å². The number of alkyl halides is 3. The largest absolute Gasteiger partial charge is 0.419 e. The Morgan fingerprint density at radius 3 is 2.51 bits per heavy atom. The number of amides is 1. The van der Waals surface area contributed by atoms with E-state index < -0.39 is 29.5 Å². The van der Waals surface area contributed by atoms with Gasteiger partial charge < -0.3 is 15.1 Å². The van der Waals surface area contributed by atoms with Crippen LogP contribution in [0.15, 0.2) is 24.5 Å². The van der Waals surface area contributed by atoms with E-state index in [1.807, 2.05) is 13.8 Å². The van der Waals surface area contributed by atoms with E-state index in [1.165, 1.54) is 17.7 Å². The molecule has 1 amide bonds. The van der Waals surface area contributed by atoms with Crippen LogP contribution in [0.3, 0.4) is 0 Å². The maximum absolute atomic E-state index is 15.3. The predicted octanol–water partition coefficient (Wildman–Crippen LogP) is 4.65. The Kier molecular flexibility index (Phi) is 6.66. The molecule has 0 radical (unpaired) electrons. The normalized spacial score (nSPS) is 24.3. The number of piperazine rings is 1. The van der Waals surface area contributed by atoms with Crippen molar-refractivity contribution in [1.82, 2.24) is 20.2 Å². The Labute approximate surface area is 214 Å². The molecule has 2 saturated heterocycles. The summed E-state index contributed by atoms with van der Waals surface area (Å²) in [7, 11) is 0. The molecular weight excluding hydrogens is 486 g/mol. The first-order valence-corrected chi connectivity index (χ1v) is 13.0. The minimum atomic E-state index is -4.84. The molecule has 0 spiro atoms. The molecule has 2 fully saturated rings. The number of fused-ring (bicyclic) bond motifs is 1. The highest BCUT2D eigenvalue weighted by atomic mass is 19.4. The van der Waals surface area contributed by atoms with Gasteiger partial charge in [0.1, 0.15) is 18.0 Å². The molecule has 1 aliphatic carbocycles. The van der Waals surface area contributed by atoms with E-state index in [0.29, 0.717) is 38.5 Å². The number of nitrogens with zero attached hydrogens (tertiary/aromatic N) is 4. The zero-order valence-corrected chi connectivity index (χ0v) is 21.4. The van der Waals surface area contributed by atoms with Crippen LogP contribution in [0.25, 0.3) is 0 Å². The number of carbonyl (C=O) groups is 1. The molecule has 37 heavy (non-hydrogen) atoms. The van der Waals surface area contributed by atoms with Gasteiger partial charge in [0.05, 0.1) is 11.5 Å². The number of carbonyl (C=O) groups excluding carboxylic acids is 1. The van der Waals surface area contributed by atoms with Crippen LogP contribution in [0.5, 0.6) is 0 Å². The Morgan fingerprint density at radius 2 is 1.86 bits per heavy atom. The number of hydrogen-bond acceptors (Lipinski definition) is 5. The zero-order chi connectivity index (χ0) is 26.5. The first kappa shape index (κ1) is 25.9. The summed E-state index contributed by atoms with van der Waals surface area (Å²) in [5.74, 6) is -1.46. The number of aromatic nitrogens is 2. The lowest BCUT2D eigenvalue weighted by molar-refractivity contribution is -0.140. The second-order valence-corrected chi connectivity index (χ2v) is 11.2.